The van der Waals surface area contributed by atoms with Gasteiger partial charge in [-0.1, -0.05) is 23.7 Å². The van der Waals surface area contributed by atoms with Crippen molar-refractivity contribution in [1.29, 1.82) is 0 Å². The summed E-state index contributed by atoms with van der Waals surface area (Å²) in [5, 5.41) is 16.7. The Hall–Kier alpha value is -1.88. The van der Waals surface area contributed by atoms with E-state index in [-0.39, 0.29) is 12.3 Å². The summed E-state index contributed by atoms with van der Waals surface area (Å²) in [6.07, 6.45) is 1.08. The van der Waals surface area contributed by atoms with E-state index in [0.29, 0.717) is 17.3 Å². The normalized spacial score (nSPS) is 10.5. The molecule has 0 radical (unpaired) electrons. The number of carboxylic acids is 1. The van der Waals surface area contributed by atoms with Crippen LogP contribution in [0, 0.1) is 0 Å². The maximum Gasteiger partial charge on any atom is 0.312 e. The predicted octanol–water partition coefficient (Wildman–Crippen LogP) is 2.14. The number of carboxylic acid groups (broad SMARTS) is 1. The highest BCUT2D eigenvalue weighted by Gasteiger charge is 2.09. The lowest BCUT2D eigenvalue weighted by atomic mass is 10.1. The molecule has 5 nitrogen and oxygen atoms in total. The van der Waals surface area contributed by atoms with E-state index < -0.39 is 5.97 Å². The molecule has 0 aliphatic rings. The summed E-state index contributed by atoms with van der Waals surface area (Å²) in [6.45, 7) is 0. The van der Waals surface area contributed by atoms with E-state index in [0.717, 1.165) is 12.0 Å². The second kappa shape index (κ2) is 5.64. The van der Waals surface area contributed by atoms with Gasteiger partial charge in [0.15, 0.2) is 0 Å². The number of hydrogen-bond acceptors (Lipinski definition) is 4. The van der Waals surface area contributed by atoms with Gasteiger partial charge in [0, 0.05) is 11.4 Å². The lowest BCUT2D eigenvalue weighted by Gasteiger charge is -1.98. The van der Waals surface area contributed by atoms with Crippen LogP contribution >= 0.6 is 11.6 Å². The van der Waals surface area contributed by atoms with Gasteiger partial charge in [-0.15, -0.1) is 10.2 Å². The van der Waals surface area contributed by atoms with Crippen LogP contribution < -0.4 is 0 Å². The Balaban J connectivity index is 1.92. The van der Waals surface area contributed by atoms with Crippen molar-refractivity contribution in [2.75, 3.05) is 0 Å². The van der Waals surface area contributed by atoms with Gasteiger partial charge in [0.1, 0.15) is 6.42 Å². The molecule has 2 aromatic rings. The van der Waals surface area contributed by atoms with Crippen molar-refractivity contribution in [2.24, 2.45) is 0 Å². The number of hydrogen-bond donors (Lipinski definition) is 1. The first-order chi connectivity index (χ1) is 8.63. The first kappa shape index (κ1) is 12.6. The minimum atomic E-state index is -0.983. The Bertz CT molecular complexity index is 537. The molecule has 1 heterocycles. The summed E-state index contributed by atoms with van der Waals surface area (Å²) in [4.78, 5) is 10.4. The van der Waals surface area contributed by atoms with Gasteiger partial charge in [0.25, 0.3) is 0 Å². The Morgan fingerprint density at radius 2 is 1.83 bits per heavy atom. The third kappa shape index (κ3) is 3.56. The standard InChI is InChI=1S/C12H11ClN2O3/c13-9-4-1-8(2-5-9)3-6-10-14-15-11(18-10)7-12(16)17/h1-2,4-5H,3,6-7H2,(H,16,17). The highest BCUT2D eigenvalue weighted by atomic mass is 35.5. The van der Waals surface area contributed by atoms with Crippen LogP contribution in [0.5, 0.6) is 0 Å². The SMILES string of the molecule is O=C(O)Cc1nnc(CCc2ccc(Cl)cc2)o1. The molecule has 18 heavy (non-hydrogen) atoms. The molecule has 1 aromatic heterocycles. The molecule has 94 valence electrons. The van der Waals surface area contributed by atoms with Gasteiger partial charge >= 0.3 is 5.97 Å². The van der Waals surface area contributed by atoms with Gasteiger partial charge in [0.05, 0.1) is 0 Å². The van der Waals surface area contributed by atoms with Gasteiger partial charge in [-0.25, -0.2) is 0 Å². The molecule has 0 unspecified atom stereocenters. The van der Waals surface area contributed by atoms with Crippen molar-refractivity contribution in [3.8, 4) is 0 Å². The number of nitrogens with zero attached hydrogens (tertiary/aromatic N) is 2. The highest BCUT2D eigenvalue weighted by molar-refractivity contribution is 6.30. The van der Waals surface area contributed by atoms with Gasteiger partial charge in [-0.3, -0.25) is 4.79 Å². The third-order valence-corrected chi connectivity index (χ3v) is 2.60. The number of aromatic nitrogens is 2. The van der Waals surface area contributed by atoms with E-state index in [1.54, 1.807) is 0 Å². The lowest BCUT2D eigenvalue weighted by Crippen LogP contribution is -1.99. The molecular weight excluding hydrogens is 256 g/mol. The van der Waals surface area contributed by atoms with Crippen molar-refractivity contribution in [3.05, 3.63) is 46.6 Å². The van der Waals surface area contributed by atoms with Crippen LogP contribution in [-0.4, -0.2) is 21.3 Å². The zero-order chi connectivity index (χ0) is 13.0. The molecule has 0 atom stereocenters. The fourth-order valence-corrected chi connectivity index (χ4v) is 1.62. The van der Waals surface area contributed by atoms with Crippen LogP contribution in [0.2, 0.25) is 5.02 Å². The van der Waals surface area contributed by atoms with Gasteiger partial charge in [-0.05, 0) is 24.1 Å². The van der Waals surface area contributed by atoms with Crippen molar-refractivity contribution in [1.82, 2.24) is 10.2 Å². The maximum absolute atomic E-state index is 10.4. The molecule has 2 rings (SSSR count). The summed E-state index contributed by atoms with van der Waals surface area (Å²) in [5.41, 5.74) is 1.11. The number of benzene rings is 1. The van der Waals surface area contributed by atoms with Crippen LogP contribution in [0.4, 0.5) is 0 Å². The molecule has 0 amide bonds. The average molecular weight is 267 g/mol. The third-order valence-electron chi connectivity index (χ3n) is 2.35. The zero-order valence-corrected chi connectivity index (χ0v) is 10.2. The predicted molar refractivity (Wildman–Crippen MR) is 64.5 cm³/mol. The lowest BCUT2D eigenvalue weighted by molar-refractivity contribution is -0.136. The van der Waals surface area contributed by atoms with Crippen molar-refractivity contribution in [2.45, 2.75) is 19.3 Å². The van der Waals surface area contributed by atoms with Crippen LogP contribution in [0.1, 0.15) is 17.3 Å². The van der Waals surface area contributed by atoms with Crippen LogP contribution in [0.15, 0.2) is 28.7 Å². The number of aliphatic carboxylic acids is 1. The summed E-state index contributed by atoms with van der Waals surface area (Å²) in [7, 11) is 0. The van der Waals surface area contributed by atoms with E-state index in [1.165, 1.54) is 0 Å². The van der Waals surface area contributed by atoms with E-state index >= 15 is 0 Å². The van der Waals surface area contributed by atoms with Crippen molar-refractivity contribution >= 4 is 17.6 Å². The van der Waals surface area contributed by atoms with Crippen LogP contribution in [0.25, 0.3) is 0 Å². The average Bonchev–Trinajstić information content (AvgIpc) is 2.75. The molecule has 0 bridgehead atoms. The number of halogens is 1. The second-order valence-corrected chi connectivity index (χ2v) is 4.22. The minimum absolute atomic E-state index is 0.133. The van der Waals surface area contributed by atoms with Gasteiger partial charge in [-0.2, -0.15) is 0 Å². The topological polar surface area (TPSA) is 76.2 Å². The van der Waals surface area contributed by atoms with E-state index in [4.69, 9.17) is 21.1 Å². The summed E-state index contributed by atoms with van der Waals surface area (Å²) in [6, 6.07) is 7.49. The quantitative estimate of drug-likeness (QED) is 0.897. The molecule has 1 N–H and O–H groups in total. The van der Waals surface area contributed by atoms with Gasteiger partial charge < -0.3 is 9.52 Å². The Morgan fingerprint density at radius 3 is 2.50 bits per heavy atom. The van der Waals surface area contributed by atoms with E-state index in [2.05, 4.69) is 10.2 Å². The molecule has 0 spiro atoms. The number of carbonyl (C=O) groups is 1. The van der Waals surface area contributed by atoms with E-state index in [1.807, 2.05) is 24.3 Å². The van der Waals surface area contributed by atoms with Crippen LogP contribution in [-0.2, 0) is 24.1 Å². The largest absolute Gasteiger partial charge is 0.481 e. The summed E-state index contributed by atoms with van der Waals surface area (Å²) >= 11 is 5.78. The first-order valence-electron chi connectivity index (χ1n) is 5.41. The Kier molecular flexibility index (Phi) is 3.94. The van der Waals surface area contributed by atoms with Crippen molar-refractivity contribution in [3.63, 3.8) is 0 Å². The molecule has 0 aliphatic heterocycles. The van der Waals surface area contributed by atoms with E-state index in [9.17, 15) is 4.79 Å². The van der Waals surface area contributed by atoms with Gasteiger partial charge in [0.2, 0.25) is 11.8 Å². The number of rotatable bonds is 5. The smallest absolute Gasteiger partial charge is 0.312 e. The second-order valence-electron chi connectivity index (χ2n) is 3.79. The molecule has 1 aromatic carbocycles. The molecule has 0 saturated carbocycles. The molecule has 0 saturated heterocycles. The fourth-order valence-electron chi connectivity index (χ4n) is 1.49. The molecule has 0 aliphatic carbocycles. The summed E-state index contributed by atoms with van der Waals surface area (Å²) in [5.74, 6) is -0.405. The Labute approximate surface area is 108 Å². The molecular formula is C12H11ClN2O3. The molecule has 6 heteroatoms. The first-order valence-corrected chi connectivity index (χ1v) is 5.79. The minimum Gasteiger partial charge on any atom is -0.481 e. The number of aryl methyl sites for hydroxylation is 2. The summed E-state index contributed by atoms with van der Waals surface area (Å²) < 4.78 is 5.21. The fraction of sp³-hybridized carbons (Fsp3) is 0.250. The van der Waals surface area contributed by atoms with Crippen molar-refractivity contribution < 1.29 is 14.3 Å². The monoisotopic (exact) mass is 266 g/mol. The van der Waals surface area contributed by atoms with Crippen LogP contribution in [0.3, 0.4) is 0 Å². The molecule has 0 fully saturated rings. The highest BCUT2D eigenvalue weighted by Crippen LogP contribution is 2.12. The zero-order valence-electron chi connectivity index (χ0n) is 9.47. The maximum atomic E-state index is 10.4. The Morgan fingerprint density at radius 1 is 1.17 bits per heavy atom.